The van der Waals surface area contributed by atoms with Gasteiger partial charge in [0.2, 0.25) is 0 Å². The molecule has 0 amide bonds. The molecule has 0 spiro atoms. The average Bonchev–Trinajstić information content (AvgIpc) is 3.13. The Balaban J connectivity index is 0.00000280. The Morgan fingerprint density at radius 2 is 1.89 bits per heavy atom. The fourth-order valence-electron chi connectivity index (χ4n) is 3.53. The number of halogens is 1. The normalized spacial score (nSPS) is 23.3. The molecule has 1 atom stereocenters. The fraction of sp³-hybridized carbons (Fsp3) is 0.667. The maximum absolute atomic E-state index is 5.42. The predicted octanol–water partition coefficient (Wildman–Crippen LogP) is 3.48. The first-order valence-corrected chi connectivity index (χ1v) is 11.2. The third-order valence-electron chi connectivity index (χ3n) is 5.23. The summed E-state index contributed by atoms with van der Waals surface area (Å²) in [6, 6.07) is 8.88. The molecule has 5 nitrogen and oxygen atoms in total. The molecule has 158 valence electrons. The number of thioether (sulfide) groups is 1. The number of nitrogens with zero attached hydrogens (tertiary/aromatic N) is 2. The van der Waals surface area contributed by atoms with Crippen molar-refractivity contribution in [1.82, 2.24) is 15.5 Å². The minimum absolute atomic E-state index is 0. The minimum atomic E-state index is 0. The third-order valence-corrected chi connectivity index (χ3v) is 6.77. The molecule has 2 aliphatic rings. The number of aliphatic imine (C=N–C) groups is 1. The van der Waals surface area contributed by atoms with E-state index in [0.29, 0.717) is 11.3 Å². The number of nitrogens with one attached hydrogen (secondary N) is 2. The monoisotopic (exact) mass is 518 g/mol. The highest BCUT2D eigenvalue weighted by Gasteiger charge is 2.29. The predicted molar refractivity (Wildman–Crippen MR) is 131 cm³/mol. The van der Waals surface area contributed by atoms with Crippen LogP contribution in [-0.4, -0.2) is 60.8 Å². The van der Waals surface area contributed by atoms with E-state index < -0.39 is 0 Å². The Bertz CT molecular complexity index is 599. The van der Waals surface area contributed by atoms with Gasteiger partial charge in [-0.1, -0.05) is 24.3 Å². The van der Waals surface area contributed by atoms with Crippen LogP contribution in [0.5, 0.6) is 0 Å². The number of benzene rings is 1. The van der Waals surface area contributed by atoms with Crippen LogP contribution < -0.4 is 10.6 Å². The van der Waals surface area contributed by atoms with Gasteiger partial charge in [-0.15, -0.1) is 24.0 Å². The van der Waals surface area contributed by atoms with Crippen molar-refractivity contribution >= 4 is 41.7 Å². The van der Waals surface area contributed by atoms with Gasteiger partial charge in [0.25, 0.3) is 0 Å². The molecule has 1 aromatic carbocycles. The molecule has 0 aliphatic carbocycles. The maximum atomic E-state index is 5.42. The lowest BCUT2D eigenvalue weighted by Gasteiger charge is -2.26. The average molecular weight is 519 g/mol. The number of morpholine rings is 1. The number of ether oxygens (including phenoxy) is 1. The summed E-state index contributed by atoms with van der Waals surface area (Å²) in [7, 11) is 0. The lowest BCUT2D eigenvalue weighted by molar-refractivity contribution is 0.0342. The van der Waals surface area contributed by atoms with Crippen molar-refractivity contribution in [2.75, 3.05) is 45.1 Å². The van der Waals surface area contributed by atoms with E-state index in [-0.39, 0.29) is 24.0 Å². The maximum Gasteiger partial charge on any atom is 0.191 e. The van der Waals surface area contributed by atoms with Crippen LogP contribution in [0.4, 0.5) is 0 Å². The van der Waals surface area contributed by atoms with Crippen molar-refractivity contribution < 1.29 is 4.74 Å². The lowest BCUT2D eigenvalue weighted by Crippen LogP contribution is -2.43. The van der Waals surface area contributed by atoms with Gasteiger partial charge in [0, 0.05) is 37.5 Å². The van der Waals surface area contributed by atoms with E-state index in [4.69, 9.17) is 9.73 Å². The van der Waals surface area contributed by atoms with E-state index in [2.05, 4.69) is 65.4 Å². The first-order valence-electron chi connectivity index (χ1n) is 10.2. The second kappa shape index (κ2) is 12.2. The van der Waals surface area contributed by atoms with Crippen molar-refractivity contribution in [3.63, 3.8) is 0 Å². The molecule has 0 aromatic heterocycles. The smallest absolute Gasteiger partial charge is 0.191 e. The molecular formula is C21H35IN4OS. The van der Waals surface area contributed by atoms with Gasteiger partial charge in [0.1, 0.15) is 0 Å². The van der Waals surface area contributed by atoms with E-state index in [1.165, 1.54) is 29.7 Å². The first-order chi connectivity index (χ1) is 13.2. The van der Waals surface area contributed by atoms with E-state index in [0.717, 1.165) is 51.9 Å². The van der Waals surface area contributed by atoms with Crippen LogP contribution >= 0.6 is 35.7 Å². The molecule has 3 rings (SSSR count). The Labute approximate surface area is 191 Å². The first kappa shape index (κ1) is 23.8. The van der Waals surface area contributed by atoms with Crippen molar-refractivity contribution in [2.24, 2.45) is 4.99 Å². The molecule has 2 heterocycles. The Morgan fingerprint density at radius 3 is 2.54 bits per heavy atom. The van der Waals surface area contributed by atoms with E-state index >= 15 is 0 Å². The van der Waals surface area contributed by atoms with Gasteiger partial charge >= 0.3 is 0 Å². The Kier molecular flexibility index (Phi) is 10.4. The topological polar surface area (TPSA) is 48.9 Å². The number of hydrogen-bond donors (Lipinski definition) is 2. The summed E-state index contributed by atoms with van der Waals surface area (Å²) in [6.45, 7) is 11.8. The molecule has 7 heteroatoms. The van der Waals surface area contributed by atoms with Crippen molar-refractivity contribution in [1.29, 1.82) is 0 Å². The molecule has 0 bridgehead atoms. The molecule has 2 aliphatic heterocycles. The Morgan fingerprint density at radius 1 is 1.18 bits per heavy atom. The number of guanidine groups is 1. The van der Waals surface area contributed by atoms with E-state index in [9.17, 15) is 0 Å². The highest BCUT2D eigenvalue weighted by Crippen LogP contribution is 2.36. The standard InChI is InChI=1S/C21H34N4OS.HI/c1-3-22-20(24-17-21(2)9-4-14-27-21)23-15-18-5-7-19(8-6-18)16-25-10-12-26-13-11-25;/h5-8H,3-4,9-17H2,1-2H3,(H2,22,23,24);1H. The van der Waals surface area contributed by atoms with Gasteiger partial charge in [-0.05, 0) is 43.6 Å². The summed E-state index contributed by atoms with van der Waals surface area (Å²) in [5, 5.41) is 6.91. The molecule has 1 unspecified atom stereocenters. The van der Waals surface area contributed by atoms with Gasteiger partial charge in [0.05, 0.1) is 19.8 Å². The second-order valence-corrected chi connectivity index (χ2v) is 9.34. The highest BCUT2D eigenvalue weighted by atomic mass is 127. The number of hydrogen-bond acceptors (Lipinski definition) is 4. The summed E-state index contributed by atoms with van der Waals surface area (Å²) in [4.78, 5) is 7.23. The van der Waals surface area contributed by atoms with E-state index in [1.807, 2.05) is 0 Å². The van der Waals surface area contributed by atoms with Gasteiger partial charge in [0.15, 0.2) is 5.96 Å². The molecule has 0 saturated carbocycles. The fourth-order valence-corrected chi connectivity index (χ4v) is 4.77. The molecule has 2 N–H and O–H groups in total. The molecule has 28 heavy (non-hydrogen) atoms. The van der Waals surface area contributed by atoms with Gasteiger partial charge < -0.3 is 15.4 Å². The van der Waals surface area contributed by atoms with E-state index in [1.54, 1.807) is 0 Å². The molecular weight excluding hydrogens is 483 g/mol. The van der Waals surface area contributed by atoms with Gasteiger partial charge in [-0.2, -0.15) is 11.8 Å². The molecule has 0 radical (unpaired) electrons. The van der Waals surface area contributed by atoms with Crippen LogP contribution in [0.3, 0.4) is 0 Å². The molecule has 1 aromatic rings. The summed E-state index contributed by atoms with van der Waals surface area (Å²) in [6.07, 6.45) is 2.61. The second-order valence-electron chi connectivity index (χ2n) is 7.66. The van der Waals surface area contributed by atoms with Gasteiger partial charge in [-0.25, -0.2) is 4.99 Å². The summed E-state index contributed by atoms with van der Waals surface area (Å²) >= 11 is 2.08. The zero-order chi connectivity index (χ0) is 19.0. The van der Waals surface area contributed by atoms with Crippen LogP contribution in [-0.2, 0) is 17.8 Å². The highest BCUT2D eigenvalue weighted by molar-refractivity contribution is 14.0. The van der Waals surface area contributed by atoms with Crippen LogP contribution in [0, 0.1) is 0 Å². The third kappa shape index (κ3) is 7.72. The largest absolute Gasteiger partial charge is 0.379 e. The van der Waals surface area contributed by atoms with Crippen molar-refractivity contribution in [2.45, 2.75) is 44.5 Å². The van der Waals surface area contributed by atoms with Crippen LogP contribution in [0.1, 0.15) is 37.8 Å². The molecule has 2 fully saturated rings. The van der Waals surface area contributed by atoms with Crippen molar-refractivity contribution in [3.05, 3.63) is 35.4 Å². The zero-order valence-corrected chi connectivity index (χ0v) is 20.4. The minimum Gasteiger partial charge on any atom is -0.379 e. The summed E-state index contributed by atoms with van der Waals surface area (Å²) in [5.74, 6) is 2.20. The van der Waals surface area contributed by atoms with Crippen LogP contribution in [0.15, 0.2) is 29.3 Å². The molecule has 2 saturated heterocycles. The Hall–Kier alpha value is -0.510. The SMILES string of the molecule is CCNC(=NCc1ccc(CN2CCOCC2)cc1)NCC1(C)CCCS1.I. The van der Waals surface area contributed by atoms with Crippen molar-refractivity contribution in [3.8, 4) is 0 Å². The summed E-state index contributed by atoms with van der Waals surface area (Å²) < 4.78 is 5.76. The van der Waals surface area contributed by atoms with Gasteiger partial charge in [-0.3, -0.25) is 4.90 Å². The van der Waals surface area contributed by atoms with Crippen LogP contribution in [0.2, 0.25) is 0 Å². The quantitative estimate of drug-likeness (QED) is 0.329. The van der Waals surface area contributed by atoms with Crippen LogP contribution in [0.25, 0.3) is 0 Å². The zero-order valence-electron chi connectivity index (χ0n) is 17.2. The number of rotatable bonds is 7. The lowest BCUT2D eigenvalue weighted by atomic mass is 10.1. The summed E-state index contributed by atoms with van der Waals surface area (Å²) in [5.41, 5.74) is 2.61.